The van der Waals surface area contributed by atoms with E-state index in [1.54, 1.807) is 42.6 Å². The lowest BCUT2D eigenvalue weighted by Gasteiger charge is -2.16. The minimum atomic E-state index is -0.262. The standard InChI is InChI=1S/C25H26ClFN2O2/c26-19-4-7-21(8-5-19)29-25(31)3-1-2-16-12-17(13-18(16)15-30)22-10-11-28-24-9-6-20(27)14-23(22)24/h4-11,14,16-18,30H,1-3,12-13,15H2,(H,29,31). The molecule has 1 aliphatic carbocycles. The van der Waals surface area contributed by atoms with Crippen LogP contribution in [0.2, 0.25) is 5.02 Å². The van der Waals surface area contributed by atoms with E-state index in [9.17, 15) is 14.3 Å². The van der Waals surface area contributed by atoms with Gasteiger partial charge in [-0.2, -0.15) is 0 Å². The van der Waals surface area contributed by atoms with Crippen molar-refractivity contribution < 1.29 is 14.3 Å². The van der Waals surface area contributed by atoms with Crippen LogP contribution in [0, 0.1) is 17.7 Å². The first kappa shape index (κ1) is 21.7. The van der Waals surface area contributed by atoms with Crippen LogP contribution in [0.1, 0.15) is 43.6 Å². The summed E-state index contributed by atoms with van der Waals surface area (Å²) in [5.74, 6) is 0.517. The number of nitrogens with one attached hydrogen (secondary N) is 1. The summed E-state index contributed by atoms with van der Waals surface area (Å²) in [6.45, 7) is 0.134. The number of aliphatic hydroxyl groups excluding tert-OH is 1. The monoisotopic (exact) mass is 440 g/mol. The highest BCUT2D eigenvalue weighted by molar-refractivity contribution is 6.30. The van der Waals surface area contributed by atoms with Gasteiger partial charge >= 0.3 is 0 Å². The van der Waals surface area contributed by atoms with E-state index in [0.29, 0.717) is 17.4 Å². The molecule has 1 aromatic heterocycles. The van der Waals surface area contributed by atoms with Gasteiger partial charge in [-0.3, -0.25) is 9.78 Å². The third-order valence-electron chi connectivity index (χ3n) is 6.36. The predicted molar refractivity (Wildman–Crippen MR) is 122 cm³/mol. The highest BCUT2D eigenvalue weighted by Gasteiger charge is 2.34. The molecule has 2 aromatic carbocycles. The smallest absolute Gasteiger partial charge is 0.224 e. The van der Waals surface area contributed by atoms with Crippen molar-refractivity contribution in [1.82, 2.24) is 4.98 Å². The highest BCUT2D eigenvalue weighted by Crippen LogP contribution is 2.45. The van der Waals surface area contributed by atoms with E-state index in [0.717, 1.165) is 47.8 Å². The van der Waals surface area contributed by atoms with E-state index in [1.165, 1.54) is 6.07 Å². The van der Waals surface area contributed by atoms with E-state index in [4.69, 9.17) is 11.6 Å². The first-order chi connectivity index (χ1) is 15.0. The SMILES string of the molecule is O=C(CCCC1CC(c2ccnc3ccc(F)cc23)CC1CO)Nc1ccc(Cl)cc1. The average molecular weight is 441 g/mol. The van der Waals surface area contributed by atoms with Crippen molar-refractivity contribution in [2.75, 3.05) is 11.9 Å². The fourth-order valence-electron chi connectivity index (χ4n) is 4.82. The largest absolute Gasteiger partial charge is 0.396 e. The van der Waals surface area contributed by atoms with Crippen LogP contribution >= 0.6 is 11.6 Å². The summed E-state index contributed by atoms with van der Waals surface area (Å²) < 4.78 is 13.8. The number of hydrogen-bond donors (Lipinski definition) is 2. The van der Waals surface area contributed by atoms with Gasteiger partial charge in [-0.1, -0.05) is 11.6 Å². The molecule has 31 heavy (non-hydrogen) atoms. The zero-order valence-corrected chi connectivity index (χ0v) is 18.0. The molecule has 0 saturated heterocycles. The lowest BCUT2D eigenvalue weighted by Crippen LogP contribution is -2.14. The number of carbonyl (C=O) groups is 1. The number of nitrogens with zero attached hydrogens (tertiary/aromatic N) is 1. The number of fused-ring (bicyclic) bond motifs is 1. The quantitative estimate of drug-likeness (QED) is 0.478. The molecule has 6 heteroatoms. The Morgan fingerprint density at radius 1 is 1.13 bits per heavy atom. The van der Waals surface area contributed by atoms with Gasteiger partial charge in [0.05, 0.1) is 5.52 Å². The number of benzene rings is 2. The fraction of sp³-hybridized carbons (Fsp3) is 0.360. The molecule has 0 aliphatic heterocycles. The molecule has 162 valence electrons. The number of halogens is 2. The first-order valence-corrected chi connectivity index (χ1v) is 11.1. The van der Waals surface area contributed by atoms with Crippen LogP contribution in [-0.4, -0.2) is 22.6 Å². The molecule has 4 rings (SSSR count). The minimum absolute atomic E-state index is 0.0204. The summed E-state index contributed by atoms with van der Waals surface area (Å²) >= 11 is 5.87. The Hall–Kier alpha value is -2.50. The molecule has 1 aliphatic rings. The number of amides is 1. The van der Waals surface area contributed by atoms with Crippen molar-refractivity contribution in [3.8, 4) is 0 Å². The second-order valence-corrected chi connectivity index (χ2v) is 8.82. The van der Waals surface area contributed by atoms with Gasteiger partial charge in [-0.25, -0.2) is 4.39 Å². The Balaban J connectivity index is 1.36. The second-order valence-electron chi connectivity index (χ2n) is 8.38. The second kappa shape index (κ2) is 9.75. The van der Waals surface area contributed by atoms with Gasteiger partial charge in [-0.15, -0.1) is 0 Å². The van der Waals surface area contributed by atoms with Crippen molar-refractivity contribution in [2.24, 2.45) is 11.8 Å². The molecule has 1 heterocycles. The number of rotatable bonds is 7. The van der Waals surface area contributed by atoms with E-state index < -0.39 is 0 Å². The average Bonchev–Trinajstić information content (AvgIpc) is 3.18. The molecular weight excluding hydrogens is 415 g/mol. The number of aliphatic hydroxyl groups is 1. The number of anilines is 1. The number of aromatic nitrogens is 1. The van der Waals surface area contributed by atoms with Crippen LogP contribution in [0.4, 0.5) is 10.1 Å². The van der Waals surface area contributed by atoms with Crippen LogP contribution in [0.5, 0.6) is 0 Å². The Morgan fingerprint density at radius 3 is 2.68 bits per heavy atom. The maximum atomic E-state index is 13.8. The lowest BCUT2D eigenvalue weighted by atomic mass is 9.91. The molecule has 4 nitrogen and oxygen atoms in total. The van der Waals surface area contributed by atoms with Gasteiger partial charge in [0.2, 0.25) is 5.91 Å². The third-order valence-corrected chi connectivity index (χ3v) is 6.61. The molecule has 1 amide bonds. The topological polar surface area (TPSA) is 62.2 Å². The third kappa shape index (κ3) is 5.23. The van der Waals surface area contributed by atoms with Gasteiger partial charge in [-0.05, 0) is 97.5 Å². The first-order valence-electron chi connectivity index (χ1n) is 10.7. The Morgan fingerprint density at radius 2 is 1.90 bits per heavy atom. The number of hydrogen-bond acceptors (Lipinski definition) is 3. The predicted octanol–water partition coefficient (Wildman–Crippen LogP) is 5.94. The summed E-state index contributed by atoms with van der Waals surface area (Å²) in [6, 6.07) is 13.7. The van der Waals surface area contributed by atoms with E-state index in [1.807, 2.05) is 6.07 Å². The number of pyridine rings is 1. The molecule has 0 bridgehead atoms. The lowest BCUT2D eigenvalue weighted by molar-refractivity contribution is -0.116. The van der Waals surface area contributed by atoms with Crippen LogP contribution in [0.25, 0.3) is 10.9 Å². The summed E-state index contributed by atoms with van der Waals surface area (Å²) in [4.78, 5) is 16.6. The van der Waals surface area contributed by atoms with Gasteiger partial charge in [0.25, 0.3) is 0 Å². The molecule has 3 atom stereocenters. The summed E-state index contributed by atoms with van der Waals surface area (Å²) in [7, 11) is 0. The maximum absolute atomic E-state index is 13.8. The van der Waals surface area contributed by atoms with Crippen molar-refractivity contribution in [2.45, 2.75) is 38.0 Å². The summed E-state index contributed by atoms with van der Waals surface area (Å²) in [5, 5.41) is 14.3. The molecule has 0 spiro atoms. The van der Waals surface area contributed by atoms with Gasteiger partial charge in [0.1, 0.15) is 5.82 Å². The molecule has 0 radical (unpaired) electrons. The molecule has 1 saturated carbocycles. The van der Waals surface area contributed by atoms with Crippen molar-refractivity contribution in [3.63, 3.8) is 0 Å². The molecule has 3 unspecified atom stereocenters. The maximum Gasteiger partial charge on any atom is 0.224 e. The van der Waals surface area contributed by atoms with Gasteiger partial charge in [0.15, 0.2) is 0 Å². The van der Waals surface area contributed by atoms with Crippen molar-refractivity contribution >= 4 is 34.1 Å². The van der Waals surface area contributed by atoms with Crippen LogP contribution < -0.4 is 5.32 Å². The van der Waals surface area contributed by atoms with Crippen molar-refractivity contribution in [1.29, 1.82) is 0 Å². The molecule has 2 N–H and O–H groups in total. The van der Waals surface area contributed by atoms with Gasteiger partial charge < -0.3 is 10.4 Å². The summed E-state index contributed by atoms with van der Waals surface area (Å²) in [6.07, 6.45) is 5.66. The van der Waals surface area contributed by atoms with Crippen LogP contribution in [0.3, 0.4) is 0 Å². The Bertz CT molecular complexity index is 1060. The summed E-state index contributed by atoms with van der Waals surface area (Å²) in [5.41, 5.74) is 2.63. The fourth-order valence-corrected chi connectivity index (χ4v) is 4.95. The zero-order chi connectivity index (χ0) is 21.8. The van der Waals surface area contributed by atoms with E-state index >= 15 is 0 Å². The van der Waals surface area contributed by atoms with E-state index in [2.05, 4.69) is 10.3 Å². The molecule has 1 fully saturated rings. The number of carbonyl (C=O) groups excluding carboxylic acids is 1. The minimum Gasteiger partial charge on any atom is -0.396 e. The van der Waals surface area contributed by atoms with Gasteiger partial charge in [0, 0.05) is 35.3 Å². The zero-order valence-electron chi connectivity index (χ0n) is 17.2. The van der Waals surface area contributed by atoms with Crippen LogP contribution in [0.15, 0.2) is 54.7 Å². The Kier molecular flexibility index (Phi) is 6.83. The highest BCUT2D eigenvalue weighted by atomic mass is 35.5. The van der Waals surface area contributed by atoms with E-state index in [-0.39, 0.29) is 30.2 Å². The van der Waals surface area contributed by atoms with Crippen molar-refractivity contribution in [3.05, 3.63) is 71.1 Å². The molecular formula is C25H26ClFN2O2. The molecule has 3 aromatic rings. The Labute approximate surface area is 186 Å². The van der Waals surface area contributed by atoms with Crippen LogP contribution in [-0.2, 0) is 4.79 Å². The normalized spacial score (nSPS) is 20.8.